The fourth-order valence-corrected chi connectivity index (χ4v) is 3.77. The number of hydrogen-bond donors (Lipinski definition) is 1. The smallest absolute Gasteiger partial charge is 0.249 e. The summed E-state index contributed by atoms with van der Waals surface area (Å²) in [7, 11) is 0. The van der Waals surface area contributed by atoms with Crippen molar-refractivity contribution < 1.29 is 9.53 Å². The van der Waals surface area contributed by atoms with Gasteiger partial charge in [0.2, 0.25) is 5.91 Å². The van der Waals surface area contributed by atoms with Crippen molar-refractivity contribution in [2.24, 2.45) is 11.8 Å². The molecule has 2 fully saturated rings. The summed E-state index contributed by atoms with van der Waals surface area (Å²) >= 11 is 0. The Morgan fingerprint density at radius 3 is 2.86 bits per heavy atom. The van der Waals surface area contributed by atoms with E-state index in [1.54, 1.807) is 0 Å². The van der Waals surface area contributed by atoms with Crippen molar-refractivity contribution in [1.82, 2.24) is 10.2 Å². The van der Waals surface area contributed by atoms with E-state index >= 15 is 0 Å². The first-order valence-electron chi connectivity index (χ1n) is 7.85. The molecule has 2 aliphatic rings. The number of aryl methyl sites for hydroxylation is 1. The van der Waals surface area contributed by atoms with Crippen LogP contribution in [0.3, 0.4) is 0 Å². The normalized spacial score (nSPS) is 26.6. The van der Waals surface area contributed by atoms with Crippen LogP contribution in [0.15, 0.2) is 24.3 Å². The van der Waals surface area contributed by atoms with Gasteiger partial charge in [-0.25, -0.2) is 0 Å². The van der Waals surface area contributed by atoms with Crippen LogP contribution in [-0.2, 0) is 9.53 Å². The molecule has 0 bridgehead atoms. The molecular formula is C17H25ClN2O2. The van der Waals surface area contributed by atoms with Gasteiger partial charge in [-0.1, -0.05) is 24.3 Å². The molecule has 22 heavy (non-hydrogen) atoms. The molecule has 1 aromatic carbocycles. The molecule has 0 aromatic heterocycles. The molecule has 5 heteroatoms. The molecule has 2 heterocycles. The van der Waals surface area contributed by atoms with E-state index in [0.717, 1.165) is 19.6 Å². The van der Waals surface area contributed by atoms with E-state index < -0.39 is 0 Å². The van der Waals surface area contributed by atoms with Gasteiger partial charge in [0.25, 0.3) is 0 Å². The lowest BCUT2D eigenvalue weighted by molar-refractivity contribution is -0.137. The van der Waals surface area contributed by atoms with Crippen LogP contribution in [0, 0.1) is 18.8 Å². The minimum atomic E-state index is 0. The largest absolute Gasteiger partial charge is 0.372 e. The highest BCUT2D eigenvalue weighted by Crippen LogP contribution is 2.43. The van der Waals surface area contributed by atoms with Crippen LogP contribution in [0.1, 0.15) is 24.1 Å². The topological polar surface area (TPSA) is 41.6 Å². The number of carbonyl (C=O) groups is 1. The van der Waals surface area contributed by atoms with Crippen molar-refractivity contribution in [1.29, 1.82) is 0 Å². The first kappa shape index (κ1) is 17.3. The summed E-state index contributed by atoms with van der Waals surface area (Å²) in [5.41, 5.74) is 2.56. The van der Waals surface area contributed by atoms with Gasteiger partial charge in [0.15, 0.2) is 0 Å². The average molecular weight is 325 g/mol. The number of halogens is 1. The second kappa shape index (κ2) is 7.44. The summed E-state index contributed by atoms with van der Waals surface area (Å²) in [6.07, 6.45) is 0. The molecule has 1 N–H and O–H groups in total. The maximum Gasteiger partial charge on any atom is 0.249 e. The Balaban J connectivity index is 0.00000176. The number of benzene rings is 1. The van der Waals surface area contributed by atoms with Crippen molar-refractivity contribution in [3.8, 4) is 0 Å². The molecule has 0 saturated carbocycles. The lowest BCUT2D eigenvalue weighted by Crippen LogP contribution is -2.37. The summed E-state index contributed by atoms with van der Waals surface area (Å²) in [5.74, 6) is 1.22. The highest BCUT2D eigenvalue weighted by molar-refractivity contribution is 5.85. The van der Waals surface area contributed by atoms with Crippen LogP contribution in [0.4, 0.5) is 0 Å². The number of nitrogens with one attached hydrogen (secondary N) is 1. The number of rotatable bonds is 4. The van der Waals surface area contributed by atoms with Crippen molar-refractivity contribution in [2.45, 2.75) is 19.9 Å². The van der Waals surface area contributed by atoms with Gasteiger partial charge in [0, 0.05) is 32.2 Å². The molecule has 3 rings (SSSR count). The third-order valence-corrected chi connectivity index (χ3v) is 4.82. The Labute approximate surface area is 138 Å². The maximum atomic E-state index is 12.5. The van der Waals surface area contributed by atoms with E-state index in [2.05, 4.69) is 36.5 Å². The number of likely N-dealkylation sites (tertiary alicyclic amines) is 1. The SMILES string of the molecule is CCOCC(=O)N1C[C@@H]2CNC[C@@H]2[C@@H]1c1ccccc1C.Cl. The van der Waals surface area contributed by atoms with Crippen LogP contribution >= 0.6 is 12.4 Å². The van der Waals surface area contributed by atoms with Crippen LogP contribution in [0.5, 0.6) is 0 Å². The quantitative estimate of drug-likeness (QED) is 0.923. The molecule has 122 valence electrons. The van der Waals surface area contributed by atoms with Gasteiger partial charge in [0.1, 0.15) is 6.61 Å². The van der Waals surface area contributed by atoms with E-state index in [4.69, 9.17) is 4.74 Å². The predicted molar refractivity (Wildman–Crippen MR) is 89.2 cm³/mol. The number of hydrogen-bond acceptors (Lipinski definition) is 3. The van der Waals surface area contributed by atoms with Gasteiger partial charge >= 0.3 is 0 Å². The number of nitrogens with zero attached hydrogens (tertiary/aromatic N) is 1. The first-order chi connectivity index (χ1) is 10.2. The second-order valence-corrected chi connectivity index (χ2v) is 6.07. The monoisotopic (exact) mass is 324 g/mol. The standard InChI is InChI=1S/C17H24N2O2.ClH/c1-3-21-11-16(20)19-10-13-8-18-9-15(13)17(19)14-7-5-4-6-12(14)2;/h4-7,13,15,17-18H,3,8-11H2,1-2H3;1H/t13-,15-,17-;/m0./s1. The number of ether oxygens (including phenoxy) is 1. The summed E-state index contributed by atoms with van der Waals surface area (Å²) in [6, 6.07) is 8.63. The van der Waals surface area contributed by atoms with E-state index in [1.165, 1.54) is 11.1 Å². The van der Waals surface area contributed by atoms with Crippen molar-refractivity contribution in [3.63, 3.8) is 0 Å². The minimum absolute atomic E-state index is 0. The number of carbonyl (C=O) groups excluding carboxylic acids is 1. The van der Waals surface area contributed by atoms with Crippen molar-refractivity contribution >= 4 is 18.3 Å². The lowest BCUT2D eigenvalue weighted by Gasteiger charge is -2.29. The second-order valence-electron chi connectivity index (χ2n) is 6.07. The fourth-order valence-electron chi connectivity index (χ4n) is 3.77. The van der Waals surface area contributed by atoms with Crippen LogP contribution in [0.25, 0.3) is 0 Å². The lowest BCUT2D eigenvalue weighted by atomic mass is 9.87. The minimum Gasteiger partial charge on any atom is -0.372 e. The van der Waals surface area contributed by atoms with Crippen LogP contribution in [0.2, 0.25) is 0 Å². The average Bonchev–Trinajstić information content (AvgIpc) is 3.06. The molecule has 0 spiro atoms. The Hall–Kier alpha value is -1.10. The molecule has 0 unspecified atom stereocenters. The Kier molecular flexibility index (Phi) is 5.84. The van der Waals surface area contributed by atoms with E-state index in [-0.39, 0.29) is 31.0 Å². The van der Waals surface area contributed by atoms with Gasteiger partial charge in [-0.05, 0) is 30.9 Å². The van der Waals surface area contributed by atoms with Gasteiger partial charge < -0.3 is 15.0 Å². The van der Waals surface area contributed by atoms with E-state index in [9.17, 15) is 4.79 Å². The number of amides is 1. The Morgan fingerprint density at radius 2 is 2.14 bits per heavy atom. The zero-order valence-corrected chi connectivity index (χ0v) is 14.1. The molecule has 0 radical (unpaired) electrons. The Bertz CT molecular complexity index is 523. The number of fused-ring (bicyclic) bond motifs is 1. The summed E-state index contributed by atoms with van der Waals surface area (Å²) < 4.78 is 5.34. The molecule has 2 saturated heterocycles. The van der Waals surface area contributed by atoms with Gasteiger partial charge in [0.05, 0.1) is 6.04 Å². The molecule has 3 atom stereocenters. The highest BCUT2D eigenvalue weighted by atomic mass is 35.5. The summed E-state index contributed by atoms with van der Waals surface area (Å²) in [6.45, 7) is 7.72. The molecule has 4 nitrogen and oxygen atoms in total. The predicted octanol–water partition coefficient (Wildman–Crippen LogP) is 2.17. The maximum absolute atomic E-state index is 12.5. The van der Waals surface area contributed by atoms with Crippen molar-refractivity contribution in [2.75, 3.05) is 32.8 Å². The molecule has 2 aliphatic heterocycles. The molecular weight excluding hydrogens is 300 g/mol. The Morgan fingerprint density at radius 1 is 1.36 bits per heavy atom. The molecule has 1 aromatic rings. The fraction of sp³-hybridized carbons (Fsp3) is 0.588. The summed E-state index contributed by atoms with van der Waals surface area (Å²) in [4.78, 5) is 14.6. The molecule has 1 amide bonds. The van der Waals surface area contributed by atoms with Crippen LogP contribution in [-0.4, -0.2) is 43.7 Å². The summed E-state index contributed by atoms with van der Waals surface area (Å²) in [5, 5.41) is 3.48. The van der Waals surface area contributed by atoms with Gasteiger partial charge in [-0.15, -0.1) is 12.4 Å². The zero-order chi connectivity index (χ0) is 14.8. The van der Waals surface area contributed by atoms with Gasteiger partial charge in [-0.2, -0.15) is 0 Å². The van der Waals surface area contributed by atoms with E-state index in [1.807, 2.05) is 11.8 Å². The van der Waals surface area contributed by atoms with E-state index in [0.29, 0.717) is 18.4 Å². The highest BCUT2D eigenvalue weighted by Gasteiger charge is 2.46. The van der Waals surface area contributed by atoms with Gasteiger partial charge in [-0.3, -0.25) is 4.79 Å². The third kappa shape index (κ3) is 3.14. The molecule has 0 aliphatic carbocycles. The first-order valence-corrected chi connectivity index (χ1v) is 7.85. The van der Waals surface area contributed by atoms with Crippen molar-refractivity contribution in [3.05, 3.63) is 35.4 Å². The van der Waals surface area contributed by atoms with Crippen LogP contribution < -0.4 is 5.32 Å². The third-order valence-electron chi connectivity index (χ3n) is 4.82. The zero-order valence-electron chi connectivity index (χ0n) is 13.2.